The maximum absolute atomic E-state index is 10.9. The first-order valence-electron chi connectivity index (χ1n) is 17.3. The van der Waals surface area contributed by atoms with E-state index in [0.29, 0.717) is 0 Å². The maximum atomic E-state index is 10.9. The van der Waals surface area contributed by atoms with Crippen molar-refractivity contribution in [3.63, 3.8) is 0 Å². The second-order valence-electron chi connectivity index (χ2n) is 11.9. The van der Waals surface area contributed by atoms with Crippen LogP contribution in [0.5, 0.6) is 0 Å². The Morgan fingerprint density at radius 2 is 0.875 bits per heavy atom. The number of unbranched alkanes of at least 4 members (excludes halogenated alkanes) is 25. The Morgan fingerprint density at radius 3 is 1.23 bits per heavy atom. The first-order chi connectivity index (χ1) is 19.0. The van der Waals surface area contributed by atoms with Crippen LogP contribution in [0.15, 0.2) is 12.2 Å². The molecule has 1 unspecified atom stereocenters. The van der Waals surface area contributed by atoms with Crippen LogP contribution in [0, 0.1) is 5.92 Å². The number of rotatable bonds is 32. The zero-order chi connectivity index (χ0) is 28.7. The Labute approximate surface area is 273 Å². The molecule has 0 aliphatic rings. The van der Waals surface area contributed by atoms with Gasteiger partial charge in [0.25, 0.3) is 0 Å². The van der Waals surface area contributed by atoms with E-state index < -0.39 is 10.4 Å². The van der Waals surface area contributed by atoms with Crippen molar-refractivity contribution < 1.29 is 46.7 Å². The second kappa shape index (κ2) is 34.1. The molecule has 0 radical (unpaired) electrons. The van der Waals surface area contributed by atoms with Crippen molar-refractivity contribution in [1.82, 2.24) is 0 Å². The normalized spacial score (nSPS) is 12.7. The van der Waals surface area contributed by atoms with E-state index in [0.717, 1.165) is 19.3 Å². The van der Waals surface area contributed by atoms with Gasteiger partial charge in [-0.3, -0.25) is 4.18 Å². The van der Waals surface area contributed by atoms with Crippen LogP contribution in [-0.2, 0) is 14.6 Å². The number of allylic oxidation sites excluding steroid dienone is 1. The summed E-state index contributed by atoms with van der Waals surface area (Å²) in [5, 5.41) is 0. The molecule has 0 saturated carbocycles. The van der Waals surface area contributed by atoms with Crippen LogP contribution in [0.4, 0.5) is 0 Å². The van der Waals surface area contributed by atoms with Crippen molar-refractivity contribution in [2.75, 3.05) is 6.61 Å². The molecule has 40 heavy (non-hydrogen) atoms. The Hall–Kier alpha value is 0.610. The SMILES string of the molecule is CCCCCCCCCCCCCCCC/C=C/C(CCCCCCCCCCCCCC)COS(=O)(=O)[O-].[Na+]. The van der Waals surface area contributed by atoms with Gasteiger partial charge in [0, 0.05) is 5.92 Å². The summed E-state index contributed by atoms with van der Waals surface area (Å²) in [5.41, 5.74) is 0. The maximum Gasteiger partial charge on any atom is 1.00 e. The summed E-state index contributed by atoms with van der Waals surface area (Å²) >= 11 is 0. The fraction of sp³-hybridized carbons (Fsp3) is 0.941. The molecule has 1 atom stereocenters. The molecule has 0 fully saturated rings. The Morgan fingerprint density at radius 1 is 0.550 bits per heavy atom. The van der Waals surface area contributed by atoms with Gasteiger partial charge in [0.1, 0.15) is 0 Å². The Kier molecular flexibility index (Phi) is 36.4. The molecule has 0 aromatic rings. The first-order valence-corrected chi connectivity index (χ1v) is 18.6. The topological polar surface area (TPSA) is 66.4 Å². The van der Waals surface area contributed by atoms with E-state index in [9.17, 15) is 13.0 Å². The van der Waals surface area contributed by atoms with E-state index in [1.165, 1.54) is 161 Å². The van der Waals surface area contributed by atoms with Crippen LogP contribution < -0.4 is 29.6 Å². The molecule has 0 aliphatic carbocycles. The van der Waals surface area contributed by atoms with E-state index in [1.807, 2.05) is 0 Å². The van der Waals surface area contributed by atoms with Crippen LogP contribution in [0.2, 0.25) is 0 Å². The molecule has 0 aromatic heterocycles. The van der Waals surface area contributed by atoms with Crippen LogP contribution in [0.25, 0.3) is 0 Å². The van der Waals surface area contributed by atoms with E-state index in [4.69, 9.17) is 0 Å². The molecule has 0 rings (SSSR count). The van der Waals surface area contributed by atoms with Crippen molar-refractivity contribution in [3.05, 3.63) is 12.2 Å². The summed E-state index contributed by atoms with van der Waals surface area (Å²) < 4.78 is 37.4. The second-order valence-corrected chi connectivity index (χ2v) is 13.0. The molecule has 4 nitrogen and oxygen atoms in total. The standard InChI is InChI=1S/C34H68O4S.Na/c1-3-5-7-9-11-13-15-17-18-19-20-22-24-26-28-30-32-34(33-38-39(35,36)37)31-29-27-25-23-21-16-14-12-10-8-6-4-2;/h30,32,34H,3-29,31,33H2,1-2H3,(H,35,36,37);/q;+1/p-1/b32-30+;. The van der Waals surface area contributed by atoms with Gasteiger partial charge in [-0.15, -0.1) is 0 Å². The monoisotopic (exact) mass is 594 g/mol. The molecule has 0 amide bonds. The van der Waals surface area contributed by atoms with Crippen LogP contribution in [0.1, 0.15) is 194 Å². The van der Waals surface area contributed by atoms with Gasteiger partial charge in [-0.25, -0.2) is 8.42 Å². The predicted molar refractivity (Wildman–Crippen MR) is 169 cm³/mol. The largest absolute Gasteiger partial charge is 1.00 e. The molecule has 0 N–H and O–H groups in total. The third kappa shape index (κ3) is 36.6. The summed E-state index contributed by atoms with van der Waals surface area (Å²) in [5.74, 6) is 0.0171. The van der Waals surface area contributed by atoms with Gasteiger partial charge < -0.3 is 4.55 Å². The smallest absolute Gasteiger partial charge is 0.726 e. The number of hydrogen-bond donors (Lipinski definition) is 0. The van der Waals surface area contributed by atoms with Crippen molar-refractivity contribution >= 4 is 10.4 Å². The van der Waals surface area contributed by atoms with Crippen molar-refractivity contribution in [2.24, 2.45) is 5.92 Å². The average molecular weight is 595 g/mol. The molecule has 0 saturated heterocycles. The van der Waals surface area contributed by atoms with Gasteiger partial charge in [0.2, 0.25) is 10.4 Å². The van der Waals surface area contributed by atoms with Gasteiger partial charge in [-0.2, -0.15) is 0 Å². The average Bonchev–Trinajstić information content (AvgIpc) is 2.91. The van der Waals surface area contributed by atoms with Gasteiger partial charge in [0.15, 0.2) is 0 Å². The third-order valence-electron chi connectivity index (χ3n) is 7.99. The fourth-order valence-electron chi connectivity index (χ4n) is 5.40. The summed E-state index contributed by atoms with van der Waals surface area (Å²) in [4.78, 5) is 0. The summed E-state index contributed by atoms with van der Waals surface area (Å²) in [7, 11) is -4.62. The molecule has 0 bridgehead atoms. The van der Waals surface area contributed by atoms with E-state index in [-0.39, 0.29) is 42.1 Å². The minimum atomic E-state index is -4.62. The Bertz CT molecular complexity index is 609. The summed E-state index contributed by atoms with van der Waals surface area (Å²) in [6.07, 6.45) is 40.9. The van der Waals surface area contributed by atoms with Gasteiger partial charge in [-0.1, -0.05) is 187 Å². The molecule has 6 heteroatoms. The quantitative estimate of drug-likeness (QED) is 0.0257. The van der Waals surface area contributed by atoms with Gasteiger partial charge in [0.05, 0.1) is 6.61 Å². The fourth-order valence-corrected chi connectivity index (χ4v) is 5.74. The predicted octanol–water partition coefficient (Wildman–Crippen LogP) is 8.60. The third-order valence-corrected chi connectivity index (χ3v) is 8.41. The molecule has 234 valence electrons. The minimum absolute atomic E-state index is 0. The van der Waals surface area contributed by atoms with Crippen LogP contribution >= 0.6 is 0 Å². The summed E-state index contributed by atoms with van der Waals surface area (Å²) in [6, 6.07) is 0. The Balaban J connectivity index is 0. The van der Waals surface area contributed by atoms with Crippen molar-refractivity contribution in [3.8, 4) is 0 Å². The van der Waals surface area contributed by atoms with Crippen LogP contribution in [0.3, 0.4) is 0 Å². The zero-order valence-electron chi connectivity index (χ0n) is 27.3. The van der Waals surface area contributed by atoms with Gasteiger partial charge in [-0.05, 0) is 19.3 Å². The molecule has 0 spiro atoms. The first kappa shape index (κ1) is 42.7. The summed E-state index contributed by atoms with van der Waals surface area (Å²) in [6.45, 7) is 4.52. The van der Waals surface area contributed by atoms with Crippen molar-refractivity contribution in [2.45, 2.75) is 194 Å². The molecule has 0 aromatic carbocycles. The van der Waals surface area contributed by atoms with E-state index in [2.05, 4.69) is 30.2 Å². The van der Waals surface area contributed by atoms with E-state index >= 15 is 0 Å². The van der Waals surface area contributed by atoms with Crippen LogP contribution in [-0.4, -0.2) is 19.6 Å². The minimum Gasteiger partial charge on any atom is -0.726 e. The van der Waals surface area contributed by atoms with Crippen molar-refractivity contribution in [1.29, 1.82) is 0 Å². The zero-order valence-corrected chi connectivity index (χ0v) is 30.1. The van der Waals surface area contributed by atoms with Gasteiger partial charge >= 0.3 is 29.6 Å². The van der Waals surface area contributed by atoms with E-state index in [1.54, 1.807) is 0 Å². The molecule has 0 heterocycles. The molecular formula is C34H67NaO4S. The number of hydrogen-bond acceptors (Lipinski definition) is 4. The molecular weight excluding hydrogens is 527 g/mol. The molecule has 0 aliphatic heterocycles.